The smallest absolute Gasteiger partial charge is 0.341 e. The molecule has 3 heterocycles. The highest BCUT2D eigenvalue weighted by Crippen LogP contribution is 2.39. The van der Waals surface area contributed by atoms with Crippen molar-refractivity contribution in [1.82, 2.24) is 19.6 Å². The van der Waals surface area contributed by atoms with Gasteiger partial charge in [0.2, 0.25) is 5.82 Å². The summed E-state index contributed by atoms with van der Waals surface area (Å²) in [6.45, 7) is 3.83. The summed E-state index contributed by atoms with van der Waals surface area (Å²) in [5.74, 6) is -0.504. The molecule has 0 bridgehead atoms. The minimum atomic E-state index is -0.471. The first-order valence-electron chi connectivity index (χ1n) is 9.41. The molecule has 1 amide bonds. The van der Waals surface area contributed by atoms with E-state index in [1.807, 2.05) is 13.8 Å². The third-order valence-corrected chi connectivity index (χ3v) is 6.01. The number of rotatable bonds is 5. The Kier molecular flexibility index (Phi) is 5.08. The molecular formula is C19H21N5O3S. The summed E-state index contributed by atoms with van der Waals surface area (Å²) in [7, 11) is 0. The van der Waals surface area contributed by atoms with E-state index in [0.29, 0.717) is 16.3 Å². The highest BCUT2D eigenvalue weighted by atomic mass is 32.1. The Bertz CT molecular complexity index is 1010. The molecule has 0 saturated carbocycles. The van der Waals surface area contributed by atoms with Gasteiger partial charge in [-0.2, -0.15) is 4.98 Å². The summed E-state index contributed by atoms with van der Waals surface area (Å²) in [6, 6.07) is 1.71. The van der Waals surface area contributed by atoms with E-state index in [9.17, 15) is 9.59 Å². The van der Waals surface area contributed by atoms with Gasteiger partial charge in [-0.25, -0.2) is 14.3 Å². The number of nitrogens with zero attached hydrogens (tertiary/aromatic N) is 4. The lowest BCUT2D eigenvalue weighted by molar-refractivity contribution is 0.0335. The summed E-state index contributed by atoms with van der Waals surface area (Å²) in [5.41, 5.74) is 1.49. The molecule has 146 valence electrons. The normalized spacial score (nSPS) is 14.5. The summed E-state index contributed by atoms with van der Waals surface area (Å²) in [5, 5.41) is 7.49. The fraction of sp³-hybridized carbons (Fsp3) is 0.421. The van der Waals surface area contributed by atoms with Gasteiger partial charge >= 0.3 is 5.97 Å². The maximum atomic E-state index is 12.8. The fourth-order valence-electron chi connectivity index (χ4n) is 3.18. The molecule has 0 aliphatic heterocycles. The van der Waals surface area contributed by atoms with Crippen molar-refractivity contribution in [3.05, 3.63) is 40.3 Å². The van der Waals surface area contributed by atoms with Crippen LogP contribution in [-0.2, 0) is 17.6 Å². The lowest BCUT2D eigenvalue weighted by Crippen LogP contribution is -2.19. The van der Waals surface area contributed by atoms with E-state index in [0.717, 1.165) is 42.5 Å². The molecule has 0 aromatic carbocycles. The van der Waals surface area contributed by atoms with Crippen LogP contribution in [0.25, 0.3) is 5.78 Å². The van der Waals surface area contributed by atoms with Gasteiger partial charge in [-0.15, -0.1) is 16.4 Å². The maximum absolute atomic E-state index is 12.8. The molecule has 1 aliphatic carbocycles. The van der Waals surface area contributed by atoms with Crippen molar-refractivity contribution in [3.8, 4) is 0 Å². The van der Waals surface area contributed by atoms with Crippen LogP contribution in [0.5, 0.6) is 0 Å². The van der Waals surface area contributed by atoms with E-state index in [1.165, 1.54) is 15.9 Å². The van der Waals surface area contributed by atoms with Gasteiger partial charge in [0.25, 0.3) is 11.7 Å². The quantitative estimate of drug-likeness (QED) is 0.661. The molecule has 1 N–H and O–H groups in total. The van der Waals surface area contributed by atoms with Gasteiger partial charge in [-0.1, -0.05) is 6.92 Å². The van der Waals surface area contributed by atoms with Crippen molar-refractivity contribution < 1.29 is 14.3 Å². The molecule has 3 aromatic rings. The standard InChI is InChI=1S/C19H21N5O3S/c1-3-11(2)27-18(26)14-12-7-4-5-8-13(12)28-17(14)22-16(25)15-21-19-20-9-6-10-24(19)23-15/h6,9-11H,3-5,7-8H2,1-2H3,(H,22,25). The number of anilines is 1. The predicted octanol–water partition coefficient (Wildman–Crippen LogP) is 3.27. The lowest BCUT2D eigenvalue weighted by atomic mass is 9.95. The number of nitrogens with one attached hydrogen (secondary N) is 1. The van der Waals surface area contributed by atoms with E-state index in [4.69, 9.17) is 4.74 Å². The number of esters is 1. The van der Waals surface area contributed by atoms with Crippen LogP contribution in [0.4, 0.5) is 5.00 Å². The lowest BCUT2D eigenvalue weighted by Gasteiger charge is -2.15. The van der Waals surface area contributed by atoms with Gasteiger partial charge in [-0.3, -0.25) is 4.79 Å². The Labute approximate surface area is 166 Å². The first-order chi connectivity index (χ1) is 13.6. The second-order valence-corrected chi connectivity index (χ2v) is 7.90. The van der Waals surface area contributed by atoms with Crippen molar-refractivity contribution in [2.75, 3.05) is 5.32 Å². The fourth-order valence-corrected chi connectivity index (χ4v) is 4.46. The molecule has 3 aromatic heterocycles. The average Bonchev–Trinajstić information content (AvgIpc) is 3.28. The molecule has 0 spiro atoms. The Balaban J connectivity index is 1.65. The van der Waals surface area contributed by atoms with Crippen LogP contribution < -0.4 is 5.32 Å². The first kappa shape index (κ1) is 18.5. The van der Waals surface area contributed by atoms with E-state index in [-0.39, 0.29) is 17.9 Å². The number of aryl methyl sites for hydroxylation is 1. The Hall–Kier alpha value is -2.81. The van der Waals surface area contributed by atoms with Gasteiger partial charge in [0.1, 0.15) is 5.00 Å². The number of thiophene rings is 1. The van der Waals surface area contributed by atoms with Crippen LogP contribution in [-0.4, -0.2) is 37.6 Å². The number of hydrogen-bond acceptors (Lipinski definition) is 7. The van der Waals surface area contributed by atoms with Gasteiger partial charge in [0, 0.05) is 17.3 Å². The largest absolute Gasteiger partial charge is 0.459 e. The molecular weight excluding hydrogens is 378 g/mol. The summed E-state index contributed by atoms with van der Waals surface area (Å²) >= 11 is 1.44. The minimum absolute atomic E-state index is 0.00585. The van der Waals surface area contributed by atoms with Gasteiger partial charge in [0.05, 0.1) is 11.7 Å². The second kappa shape index (κ2) is 7.67. The van der Waals surface area contributed by atoms with E-state index >= 15 is 0 Å². The minimum Gasteiger partial charge on any atom is -0.459 e. The topological polar surface area (TPSA) is 98.5 Å². The molecule has 28 heavy (non-hydrogen) atoms. The highest BCUT2D eigenvalue weighted by Gasteiger charge is 2.29. The van der Waals surface area contributed by atoms with Gasteiger partial charge in [0.15, 0.2) is 0 Å². The van der Waals surface area contributed by atoms with Crippen molar-refractivity contribution in [1.29, 1.82) is 0 Å². The molecule has 8 nitrogen and oxygen atoms in total. The van der Waals surface area contributed by atoms with Crippen molar-refractivity contribution >= 4 is 34.0 Å². The van der Waals surface area contributed by atoms with E-state index in [2.05, 4.69) is 20.4 Å². The van der Waals surface area contributed by atoms with Gasteiger partial charge < -0.3 is 10.1 Å². The highest BCUT2D eigenvalue weighted by molar-refractivity contribution is 7.17. The zero-order chi connectivity index (χ0) is 19.7. The van der Waals surface area contributed by atoms with Gasteiger partial charge in [-0.05, 0) is 50.7 Å². The molecule has 1 unspecified atom stereocenters. The van der Waals surface area contributed by atoms with Crippen LogP contribution in [0.3, 0.4) is 0 Å². The van der Waals surface area contributed by atoms with Crippen LogP contribution in [0.2, 0.25) is 0 Å². The second-order valence-electron chi connectivity index (χ2n) is 6.79. The third-order valence-electron chi connectivity index (χ3n) is 4.81. The number of hydrogen-bond donors (Lipinski definition) is 1. The Morgan fingerprint density at radius 1 is 1.36 bits per heavy atom. The Morgan fingerprint density at radius 3 is 2.96 bits per heavy atom. The van der Waals surface area contributed by atoms with Crippen molar-refractivity contribution in [3.63, 3.8) is 0 Å². The van der Waals surface area contributed by atoms with Crippen LogP contribution in [0.15, 0.2) is 18.5 Å². The Morgan fingerprint density at radius 2 is 2.18 bits per heavy atom. The molecule has 1 aliphatic rings. The van der Waals surface area contributed by atoms with Crippen molar-refractivity contribution in [2.24, 2.45) is 0 Å². The summed E-state index contributed by atoms with van der Waals surface area (Å²) in [6.07, 6.45) is 7.66. The zero-order valence-corrected chi connectivity index (χ0v) is 16.6. The summed E-state index contributed by atoms with van der Waals surface area (Å²) in [4.78, 5) is 34.9. The summed E-state index contributed by atoms with van der Waals surface area (Å²) < 4.78 is 6.99. The van der Waals surface area contributed by atoms with Crippen LogP contribution >= 0.6 is 11.3 Å². The molecule has 0 saturated heterocycles. The zero-order valence-electron chi connectivity index (χ0n) is 15.8. The van der Waals surface area contributed by atoms with Crippen LogP contribution in [0, 0.1) is 0 Å². The number of ether oxygens (including phenoxy) is 1. The number of amides is 1. The van der Waals surface area contributed by atoms with E-state index < -0.39 is 5.91 Å². The number of fused-ring (bicyclic) bond motifs is 2. The molecule has 0 radical (unpaired) electrons. The monoisotopic (exact) mass is 399 g/mol. The predicted molar refractivity (Wildman–Crippen MR) is 105 cm³/mol. The maximum Gasteiger partial charge on any atom is 0.341 e. The first-order valence-corrected chi connectivity index (χ1v) is 10.2. The average molecular weight is 399 g/mol. The molecule has 1 atom stereocenters. The van der Waals surface area contributed by atoms with Crippen LogP contribution in [0.1, 0.15) is 64.5 Å². The SMILES string of the molecule is CCC(C)OC(=O)c1c(NC(=O)c2nc3ncccn3n2)sc2c1CCCC2. The number of aromatic nitrogens is 4. The molecule has 9 heteroatoms. The number of carbonyl (C=O) groups is 2. The third kappa shape index (κ3) is 3.49. The number of carbonyl (C=O) groups excluding carboxylic acids is 2. The molecule has 0 fully saturated rings. The molecule has 4 rings (SSSR count). The van der Waals surface area contributed by atoms with Crippen molar-refractivity contribution in [2.45, 2.75) is 52.1 Å². The van der Waals surface area contributed by atoms with E-state index in [1.54, 1.807) is 18.5 Å².